The summed E-state index contributed by atoms with van der Waals surface area (Å²) in [5.74, 6) is -0.00262. The molecule has 9 nitrogen and oxygen atoms in total. The molecular weight excluding hydrogens is 430 g/mol. The minimum absolute atomic E-state index is 0.0439. The highest BCUT2D eigenvalue weighted by atomic mass is 32.2. The van der Waals surface area contributed by atoms with Gasteiger partial charge in [-0.2, -0.15) is 0 Å². The van der Waals surface area contributed by atoms with E-state index in [0.29, 0.717) is 25.0 Å². The SMILES string of the molecule is CCCN(C(=O)[C@@H]1CS[C@@]2(C)CCC(=O)N12)c1c(N)n(Cc2ccccc2)c(=O)[nH]c1=O. The van der Waals surface area contributed by atoms with Crippen LogP contribution in [0.25, 0.3) is 0 Å². The van der Waals surface area contributed by atoms with Crippen LogP contribution >= 0.6 is 11.8 Å². The third-order valence-electron chi connectivity index (χ3n) is 6.11. The Balaban J connectivity index is 1.75. The van der Waals surface area contributed by atoms with Crippen molar-refractivity contribution in [1.82, 2.24) is 14.5 Å². The first-order valence-corrected chi connectivity index (χ1v) is 11.7. The van der Waals surface area contributed by atoms with Crippen molar-refractivity contribution < 1.29 is 9.59 Å². The van der Waals surface area contributed by atoms with E-state index < -0.39 is 22.2 Å². The first-order valence-electron chi connectivity index (χ1n) is 10.7. The van der Waals surface area contributed by atoms with Gasteiger partial charge in [0.25, 0.3) is 11.5 Å². The van der Waals surface area contributed by atoms with Crippen molar-refractivity contribution in [2.24, 2.45) is 0 Å². The molecule has 0 radical (unpaired) electrons. The number of carbonyl (C=O) groups is 2. The molecule has 0 spiro atoms. The zero-order valence-corrected chi connectivity index (χ0v) is 19.0. The maximum atomic E-state index is 13.6. The normalized spacial score (nSPS) is 22.2. The van der Waals surface area contributed by atoms with Gasteiger partial charge < -0.3 is 15.5 Å². The molecule has 1 aromatic carbocycles. The van der Waals surface area contributed by atoms with Gasteiger partial charge in [0.05, 0.1) is 11.4 Å². The average molecular weight is 458 g/mol. The van der Waals surface area contributed by atoms with Crippen LogP contribution in [0.2, 0.25) is 0 Å². The van der Waals surface area contributed by atoms with Gasteiger partial charge in [-0.25, -0.2) is 4.79 Å². The van der Waals surface area contributed by atoms with Crippen LogP contribution in [-0.2, 0) is 16.1 Å². The van der Waals surface area contributed by atoms with Gasteiger partial charge in [-0.1, -0.05) is 37.3 Å². The molecule has 4 rings (SSSR count). The number of nitrogens with one attached hydrogen (secondary N) is 1. The molecule has 2 fully saturated rings. The Morgan fingerprint density at radius 1 is 1.28 bits per heavy atom. The number of nitrogens with two attached hydrogens (primary N) is 1. The van der Waals surface area contributed by atoms with Gasteiger partial charge in [0.15, 0.2) is 5.69 Å². The topological polar surface area (TPSA) is 121 Å². The summed E-state index contributed by atoms with van der Waals surface area (Å²) in [5.41, 5.74) is 5.77. The van der Waals surface area contributed by atoms with Crippen molar-refractivity contribution in [1.29, 1.82) is 0 Å². The van der Waals surface area contributed by atoms with Crippen molar-refractivity contribution in [3.05, 3.63) is 56.7 Å². The number of thioether (sulfide) groups is 1. The molecule has 10 heteroatoms. The molecule has 0 saturated carbocycles. The third-order valence-corrected chi connectivity index (χ3v) is 7.62. The fourth-order valence-electron chi connectivity index (χ4n) is 4.50. The van der Waals surface area contributed by atoms with Crippen molar-refractivity contribution in [3.8, 4) is 0 Å². The third kappa shape index (κ3) is 3.72. The van der Waals surface area contributed by atoms with Crippen LogP contribution in [0.15, 0.2) is 39.9 Å². The number of H-pyrrole nitrogens is 1. The number of aromatic amines is 1. The number of hydrogen-bond donors (Lipinski definition) is 2. The first kappa shape index (κ1) is 22.2. The molecule has 3 heterocycles. The summed E-state index contributed by atoms with van der Waals surface area (Å²) in [6, 6.07) is 8.58. The van der Waals surface area contributed by atoms with Gasteiger partial charge in [0.2, 0.25) is 5.91 Å². The minimum Gasteiger partial charge on any atom is -0.383 e. The van der Waals surface area contributed by atoms with Crippen LogP contribution in [0.1, 0.15) is 38.7 Å². The molecule has 3 N–H and O–H groups in total. The molecule has 2 aliphatic rings. The largest absolute Gasteiger partial charge is 0.383 e. The number of hydrogen-bond acceptors (Lipinski definition) is 6. The van der Waals surface area contributed by atoms with Crippen LogP contribution in [-0.4, -0.2) is 49.5 Å². The van der Waals surface area contributed by atoms with Crippen LogP contribution in [0.4, 0.5) is 11.5 Å². The predicted molar refractivity (Wildman–Crippen MR) is 125 cm³/mol. The summed E-state index contributed by atoms with van der Waals surface area (Å²) in [4.78, 5) is 56.4. The Bertz CT molecular complexity index is 1160. The van der Waals surface area contributed by atoms with E-state index in [1.807, 2.05) is 44.2 Å². The summed E-state index contributed by atoms with van der Waals surface area (Å²) in [7, 11) is 0. The summed E-state index contributed by atoms with van der Waals surface area (Å²) in [6.45, 7) is 4.27. The Labute approximate surface area is 189 Å². The zero-order valence-electron chi connectivity index (χ0n) is 18.2. The highest BCUT2D eigenvalue weighted by molar-refractivity contribution is 8.01. The molecular formula is C22H27N5O4S. The molecule has 2 atom stereocenters. The lowest BCUT2D eigenvalue weighted by Gasteiger charge is -2.33. The van der Waals surface area contributed by atoms with E-state index in [1.54, 1.807) is 16.7 Å². The second-order valence-electron chi connectivity index (χ2n) is 8.32. The maximum absolute atomic E-state index is 13.6. The number of rotatable bonds is 6. The lowest BCUT2D eigenvalue weighted by Crippen LogP contribution is -2.53. The van der Waals surface area contributed by atoms with Gasteiger partial charge in [-0.3, -0.25) is 23.9 Å². The average Bonchev–Trinajstić information content (AvgIpc) is 3.26. The summed E-state index contributed by atoms with van der Waals surface area (Å²) < 4.78 is 1.26. The molecule has 170 valence electrons. The number of fused-ring (bicyclic) bond motifs is 1. The Hall–Kier alpha value is -3.01. The van der Waals surface area contributed by atoms with Crippen LogP contribution in [0.3, 0.4) is 0 Å². The highest BCUT2D eigenvalue weighted by Gasteiger charge is 2.53. The van der Waals surface area contributed by atoms with E-state index in [1.165, 1.54) is 9.47 Å². The van der Waals surface area contributed by atoms with E-state index in [9.17, 15) is 19.2 Å². The van der Waals surface area contributed by atoms with E-state index in [2.05, 4.69) is 4.98 Å². The van der Waals surface area contributed by atoms with Gasteiger partial charge in [-0.05, 0) is 25.3 Å². The molecule has 2 aromatic rings. The van der Waals surface area contributed by atoms with Crippen molar-refractivity contribution >= 4 is 35.1 Å². The quantitative estimate of drug-likeness (QED) is 0.676. The second-order valence-corrected chi connectivity index (χ2v) is 9.82. The molecule has 0 aliphatic carbocycles. The van der Waals surface area contributed by atoms with Crippen molar-refractivity contribution in [2.75, 3.05) is 22.9 Å². The van der Waals surface area contributed by atoms with E-state index in [4.69, 9.17) is 5.73 Å². The summed E-state index contributed by atoms with van der Waals surface area (Å²) >= 11 is 1.59. The lowest BCUT2D eigenvalue weighted by atomic mass is 10.2. The fourth-order valence-corrected chi connectivity index (χ4v) is 5.92. The molecule has 0 unspecified atom stereocenters. The van der Waals surface area contributed by atoms with E-state index >= 15 is 0 Å². The molecule has 2 aliphatic heterocycles. The van der Waals surface area contributed by atoms with Gasteiger partial charge >= 0.3 is 5.69 Å². The molecule has 2 amide bonds. The van der Waals surface area contributed by atoms with Gasteiger partial charge in [0, 0.05) is 18.7 Å². The summed E-state index contributed by atoms with van der Waals surface area (Å²) in [5, 5.41) is 0. The molecule has 32 heavy (non-hydrogen) atoms. The number of amides is 2. The molecule has 2 saturated heterocycles. The standard InChI is InChI=1S/C22H27N5O4S/c1-3-11-25(20(30)15-13-32-22(2)10-9-16(28)27(15)22)17-18(23)26(21(31)24-19(17)29)12-14-7-5-4-6-8-14/h4-8,15H,3,9-13,23H2,1-2H3,(H,24,29,31)/t15-,22-/m0/s1. The lowest BCUT2D eigenvalue weighted by molar-refractivity contribution is -0.136. The Morgan fingerprint density at radius 3 is 2.69 bits per heavy atom. The monoisotopic (exact) mass is 457 g/mol. The second kappa shape index (κ2) is 8.50. The van der Waals surface area contributed by atoms with E-state index in [-0.39, 0.29) is 36.4 Å². The highest BCUT2D eigenvalue weighted by Crippen LogP contribution is 2.47. The number of carbonyl (C=O) groups excluding carboxylic acids is 2. The fraction of sp³-hybridized carbons (Fsp3) is 0.455. The maximum Gasteiger partial charge on any atom is 0.330 e. The Morgan fingerprint density at radius 2 is 2.00 bits per heavy atom. The predicted octanol–water partition coefficient (Wildman–Crippen LogP) is 1.36. The van der Waals surface area contributed by atoms with Crippen LogP contribution < -0.4 is 21.9 Å². The van der Waals surface area contributed by atoms with Crippen LogP contribution in [0, 0.1) is 0 Å². The number of anilines is 2. The Kier molecular flexibility index (Phi) is 5.89. The number of benzene rings is 1. The number of nitrogen functional groups attached to an aromatic ring is 1. The smallest absolute Gasteiger partial charge is 0.330 e. The number of nitrogens with zero attached hydrogens (tertiary/aromatic N) is 3. The van der Waals surface area contributed by atoms with Crippen LogP contribution in [0.5, 0.6) is 0 Å². The van der Waals surface area contributed by atoms with Crippen molar-refractivity contribution in [2.45, 2.75) is 50.6 Å². The molecule has 1 aromatic heterocycles. The van der Waals surface area contributed by atoms with Gasteiger partial charge in [-0.15, -0.1) is 11.8 Å². The van der Waals surface area contributed by atoms with Crippen molar-refractivity contribution in [3.63, 3.8) is 0 Å². The number of aromatic nitrogens is 2. The summed E-state index contributed by atoms with van der Waals surface area (Å²) in [6.07, 6.45) is 1.68. The van der Waals surface area contributed by atoms with Gasteiger partial charge in [0.1, 0.15) is 11.9 Å². The van der Waals surface area contributed by atoms with E-state index in [0.717, 1.165) is 5.56 Å². The first-order chi connectivity index (χ1) is 15.3. The molecule has 0 bridgehead atoms. The minimum atomic E-state index is -0.709. The zero-order chi connectivity index (χ0) is 23.0.